The molecule has 2 aromatic carbocycles. The summed E-state index contributed by atoms with van der Waals surface area (Å²) in [5.74, 6) is 0.234. The molecular formula is C21H27N3O4S. The number of benzene rings is 2. The van der Waals surface area contributed by atoms with E-state index >= 15 is 0 Å². The Balaban J connectivity index is 1.68. The molecule has 0 bridgehead atoms. The van der Waals surface area contributed by atoms with Gasteiger partial charge in [-0.1, -0.05) is 23.8 Å². The van der Waals surface area contributed by atoms with Crippen molar-refractivity contribution in [3.05, 3.63) is 58.7 Å². The van der Waals surface area contributed by atoms with E-state index in [1.807, 2.05) is 20.8 Å². The van der Waals surface area contributed by atoms with Gasteiger partial charge in [0.2, 0.25) is 5.91 Å². The van der Waals surface area contributed by atoms with Crippen molar-refractivity contribution in [2.45, 2.75) is 27.3 Å². The quantitative estimate of drug-likeness (QED) is 0.784. The predicted octanol–water partition coefficient (Wildman–Crippen LogP) is 2.62. The van der Waals surface area contributed by atoms with E-state index in [9.17, 15) is 13.2 Å². The summed E-state index contributed by atoms with van der Waals surface area (Å²) in [6.45, 7) is 6.77. The predicted molar refractivity (Wildman–Crippen MR) is 113 cm³/mol. The minimum Gasteiger partial charge on any atom is -0.497 e. The molecule has 0 radical (unpaired) electrons. The molecule has 0 aliphatic carbocycles. The molecule has 1 amide bonds. The van der Waals surface area contributed by atoms with E-state index in [1.165, 1.54) is 8.61 Å². The standard InChI is InChI=1S/C21H27N3O4S/c1-15-10-16(2)20(17(3)11-15)13-23-8-9-24(29(23,26)27)14-21(25)22-18-6-5-7-19(12-18)28-4/h5-7,10-12H,8-9,13-14H2,1-4H3,(H,22,25). The normalized spacial score (nSPS) is 16.7. The topological polar surface area (TPSA) is 79.0 Å². The first kappa shape index (κ1) is 21.3. The summed E-state index contributed by atoms with van der Waals surface area (Å²) >= 11 is 0. The fourth-order valence-electron chi connectivity index (χ4n) is 3.64. The number of carbonyl (C=O) groups excluding carboxylic acids is 1. The van der Waals surface area contributed by atoms with Gasteiger partial charge < -0.3 is 10.1 Å². The Morgan fingerprint density at radius 2 is 1.72 bits per heavy atom. The first-order valence-corrected chi connectivity index (χ1v) is 10.9. The van der Waals surface area contributed by atoms with Gasteiger partial charge in [-0.3, -0.25) is 4.79 Å². The Labute approximate surface area is 172 Å². The molecule has 29 heavy (non-hydrogen) atoms. The number of anilines is 1. The first-order valence-electron chi connectivity index (χ1n) is 9.46. The van der Waals surface area contributed by atoms with Gasteiger partial charge in [0, 0.05) is 31.4 Å². The van der Waals surface area contributed by atoms with Crippen LogP contribution < -0.4 is 10.1 Å². The lowest BCUT2D eigenvalue weighted by molar-refractivity contribution is -0.116. The molecule has 8 heteroatoms. The molecule has 0 unspecified atom stereocenters. The van der Waals surface area contributed by atoms with Gasteiger partial charge >= 0.3 is 0 Å². The second-order valence-electron chi connectivity index (χ2n) is 7.33. The number of nitrogens with zero attached hydrogens (tertiary/aromatic N) is 2. The third kappa shape index (κ3) is 4.77. The van der Waals surface area contributed by atoms with Crippen LogP contribution in [-0.4, -0.2) is 49.7 Å². The average molecular weight is 418 g/mol. The van der Waals surface area contributed by atoms with Crippen LogP contribution >= 0.6 is 0 Å². The number of nitrogens with one attached hydrogen (secondary N) is 1. The Morgan fingerprint density at radius 1 is 1.07 bits per heavy atom. The van der Waals surface area contributed by atoms with Crippen molar-refractivity contribution in [2.24, 2.45) is 0 Å². The molecule has 7 nitrogen and oxygen atoms in total. The van der Waals surface area contributed by atoms with E-state index in [1.54, 1.807) is 31.4 Å². The zero-order chi connectivity index (χ0) is 21.2. The highest BCUT2D eigenvalue weighted by molar-refractivity contribution is 7.87. The largest absolute Gasteiger partial charge is 0.497 e. The van der Waals surface area contributed by atoms with Crippen molar-refractivity contribution in [2.75, 3.05) is 32.1 Å². The number of ether oxygens (including phenoxy) is 1. The van der Waals surface area contributed by atoms with Crippen LogP contribution in [0.4, 0.5) is 5.69 Å². The smallest absolute Gasteiger partial charge is 0.282 e. The van der Waals surface area contributed by atoms with Crippen molar-refractivity contribution in [1.82, 2.24) is 8.61 Å². The zero-order valence-electron chi connectivity index (χ0n) is 17.2. The van der Waals surface area contributed by atoms with Crippen LogP contribution in [-0.2, 0) is 21.5 Å². The fraction of sp³-hybridized carbons (Fsp3) is 0.381. The minimum absolute atomic E-state index is 0.220. The van der Waals surface area contributed by atoms with Crippen molar-refractivity contribution in [3.63, 3.8) is 0 Å². The van der Waals surface area contributed by atoms with Crippen LogP contribution in [0.3, 0.4) is 0 Å². The molecule has 1 heterocycles. The maximum atomic E-state index is 12.9. The van der Waals surface area contributed by atoms with Gasteiger partial charge in [0.25, 0.3) is 10.2 Å². The average Bonchev–Trinajstić information content (AvgIpc) is 2.92. The molecule has 1 aliphatic rings. The van der Waals surface area contributed by atoms with Crippen LogP contribution in [0.1, 0.15) is 22.3 Å². The lowest BCUT2D eigenvalue weighted by Crippen LogP contribution is -2.38. The summed E-state index contributed by atoms with van der Waals surface area (Å²) in [7, 11) is -2.14. The maximum absolute atomic E-state index is 12.9. The number of aryl methyl sites for hydroxylation is 3. The van der Waals surface area contributed by atoms with E-state index in [0.29, 0.717) is 24.5 Å². The van der Waals surface area contributed by atoms with Crippen molar-refractivity contribution in [1.29, 1.82) is 0 Å². The molecule has 0 spiro atoms. The third-order valence-electron chi connectivity index (χ3n) is 5.10. The van der Waals surface area contributed by atoms with Crippen LogP contribution in [0.25, 0.3) is 0 Å². The highest BCUT2D eigenvalue weighted by atomic mass is 32.2. The Kier molecular flexibility index (Phi) is 6.26. The number of hydrogen-bond donors (Lipinski definition) is 1. The molecular weight excluding hydrogens is 390 g/mol. The monoisotopic (exact) mass is 417 g/mol. The highest BCUT2D eigenvalue weighted by Gasteiger charge is 2.37. The summed E-state index contributed by atoms with van der Waals surface area (Å²) < 4.78 is 33.7. The highest BCUT2D eigenvalue weighted by Crippen LogP contribution is 2.24. The molecule has 3 rings (SSSR count). The molecule has 0 saturated carbocycles. The summed E-state index contributed by atoms with van der Waals surface area (Å²) in [6.07, 6.45) is 0. The van der Waals surface area contributed by atoms with E-state index < -0.39 is 10.2 Å². The van der Waals surface area contributed by atoms with Gasteiger partial charge in [0.05, 0.1) is 13.7 Å². The summed E-state index contributed by atoms with van der Waals surface area (Å²) in [4.78, 5) is 12.4. The van der Waals surface area contributed by atoms with E-state index in [-0.39, 0.29) is 19.0 Å². The molecule has 1 N–H and O–H groups in total. The van der Waals surface area contributed by atoms with Gasteiger partial charge in [0.1, 0.15) is 5.75 Å². The fourth-order valence-corrected chi connectivity index (χ4v) is 5.16. The second kappa shape index (κ2) is 8.52. The summed E-state index contributed by atoms with van der Waals surface area (Å²) in [5.41, 5.74) is 4.89. The third-order valence-corrected chi connectivity index (χ3v) is 7.03. The molecule has 1 saturated heterocycles. The Morgan fingerprint density at radius 3 is 2.38 bits per heavy atom. The molecule has 1 aliphatic heterocycles. The van der Waals surface area contributed by atoms with Crippen LogP contribution in [0.5, 0.6) is 5.75 Å². The van der Waals surface area contributed by atoms with Gasteiger partial charge in [-0.05, 0) is 49.6 Å². The molecule has 0 atom stereocenters. The SMILES string of the molecule is COc1cccc(NC(=O)CN2CCN(Cc3c(C)cc(C)cc3C)S2(=O)=O)c1. The molecule has 156 valence electrons. The molecule has 1 fully saturated rings. The summed E-state index contributed by atoms with van der Waals surface area (Å²) in [5, 5.41) is 2.73. The first-order chi connectivity index (χ1) is 13.7. The van der Waals surface area contributed by atoms with E-state index in [4.69, 9.17) is 4.74 Å². The van der Waals surface area contributed by atoms with E-state index in [0.717, 1.165) is 22.3 Å². The van der Waals surface area contributed by atoms with Crippen molar-refractivity contribution >= 4 is 21.8 Å². The van der Waals surface area contributed by atoms with Crippen molar-refractivity contribution in [3.8, 4) is 5.75 Å². The number of hydrogen-bond acceptors (Lipinski definition) is 4. The number of amides is 1. The van der Waals surface area contributed by atoms with Crippen LogP contribution in [0.15, 0.2) is 36.4 Å². The van der Waals surface area contributed by atoms with Crippen LogP contribution in [0.2, 0.25) is 0 Å². The summed E-state index contributed by atoms with van der Waals surface area (Å²) in [6, 6.07) is 11.1. The lowest BCUT2D eigenvalue weighted by atomic mass is 10.00. The molecule has 0 aromatic heterocycles. The van der Waals surface area contributed by atoms with Gasteiger partial charge in [-0.25, -0.2) is 0 Å². The molecule has 2 aromatic rings. The van der Waals surface area contributed by atoms with Gasteiger partial charge in [-0.2, -0.15) is 17.0 Å². The van der Waals surface area contributed by atoms with Gasteiger partial charge in [-0.15, -0.1) is 0 Å². The number of rotatable bonds is 6. The van der Waals surface area contributed by atoms with Gasteiger partial charge in [0.15, 0.2) is 0 Å². The maximum Gasteiger partial charge on any atom is 0.282 e. The lowest BCUT2D eigenvalue weighted by Gasteiger charge is -2.20. The van der Waals surface area contributed by atoms with Crippen LogP contribution in [0, 0.1) is 20.8 Å². The van der Waals surface area contributed by atoms with Crippen molar-refractivity contribution < 1.29 is 17.9 Å². The number of carbonyl (C=O) groups is 1. The van der Waals surface area contributed by atoms with E-state index in [2.05, 4.69) is 17.4 Å². The second-order valence-corrected chi connectivity index (χ2v) is 9.26. The number of methoxy groups -OCH3 is 1. The zero-order valence-corrected chi connectivity index (χ0v) is 18.0. The minimum atomic E-state index is -3.69. The Hall–Kier alpha value is -2.42. The Bertz CT molecular complexity index is 997.